The van der Waals surface area contributed by atoms with E-state index in [2.05, 4.69) is 9.97 Å². The molecule has 0 bridgehead atoms. The van der Waals surface area contributed by atoms with Gasteiger partial charge in [0, 0.05) is 25.0 Å². The molecule has 0 aliphatic heterocycles. The van der Waals surface area contributed by atoms with Gasteiger partial charge in [0.05, 0.1) is 11.1 Å². The highest BCUT2D eigenvalue weighted by Crippen LogP contribution is 2.22. The maximum atomic E-state index is 10.0. The molecule has 1 unspecified atom stereocenters. The number of hydrogen-bond acceptors (Lipinski definition) is 3. The average molecular weight is 269 g/mol. The largest absolute Gasteiger partial charge is 0.388 e. The van der Waals surface area contributed by atoms with Crippen molar-refractivity contribution < 1.29 is 5.11 Å². The molecular weight excluding hydrogens is 259 g/mol. The van der Waals surface area contributed by atoms with E-state index in [0.29, 0.717) is 22.2 Å². The van der Waals surface area contributed by atoms with E-state index in [1.54, 1.807) is 36.8 Å². The molecule has 3 nitrogen and oxygen atoms in total. The summed E-state index contributed by atoms with van der Waals surface area (Å²) in [6.07, 6.45) is 4.53. The van der Waals surface area contributed by atoms with Crippen molar-refractivity contribution in [2.45, 2.75) is 12.5 Å². The lowest BCUT2D eigenvalue weighted by Gasteiger charge is -2.11. The quantitative estimate of drug-likeness (QED) is 0.871. The van der Waals surface area contributed by atoms with E-state index in [-0.39, 0.29) is 0 Å². The monoisotopic (exact) mass is 268 g/mol. The molecule has 17 heavy (non-hydrogen) atoms. The second-order valence-corrected chi connectivity index (χ2v) is 4.40. The summed E-state index contributed by atoms with van der Waals surface area (Å²) >= 11 is 11.7. The van der Waals surface area contributed by atoms with E-state index in [1.165, 1.54) is 0 Å². The molecule has 0 aliphatic rings. The van der Waals surface area contributed by atoms with Crippen molar-refractivity contribution in [3.63, 3.8) is 0 Å². The fourth-order valence-electron chi connectivity index (χ4n) is 1.48. The maximum Gasteiger partial charge on any atom is 0.129 e. The van der Waals surface area contributed by atoms with Crippen molar-refractivity contribution in [1.29, 1.82) is 0 Å². The van der Waals surface area contributed by atoms with Gasteiger partial charge in [-0.05, 0) is 23.3 Å². The molecule has 5 heteroatoms. The number of pyridine rings is 2. The molecule has 0 aliphatic carbocycles. The molecule has 88 valence electrons. The molecule has 2 rings (SSSR count). The van der Waals surface area contributed by atoms with Crippen LogP contribution >= 0.6 is 23.2 Å². The van der Waals surface area contributed by atoms with Crippen LogP contribution in [0.25, 0.3) is 0 Å². The van der Waals surface area contributed by atoms with Gasteiger partial charge in [-0.25, -0.2) is 4.98 Å². The summed E-state index contributed by atoms with van der Waals surface area (Å²) in [5, 5.41) is 11.0. The Morgan fingerprint density at radius 3 is 2.65 bits per heavy atom. The van der Waals surface area contributed by atoms with Gasteiger partial charge in [-0.1, -0.05) is 29.3 Å². The number of rotatable bonds is 3. The summed E-state index contributed by atoms with van der Waals surface area (Å²) in [6.45, 7) is 0. The van der Waals surface area contributed by atoms with E-state index in [0.717, 1.165) is 5.56 Å². The first-order chi connectivity index (χ1) is 8.16. The van der Waals surface area contributed by atoms with Gasteiger partial charge >= 0.3 is 0 Å². The summed E-state index contributed by atoms with van der Waals surface area (Å²) in [5.41, 5.74) is 1.56. The average Bonchev–Trinajstić information content (AvgIpc) is 2.33. The number of nitrogens with zero attached hydrogens (tertiary/aromatic N) is 2. The zero-order valence-corrected chi connectivity index (χ0v) is 10.4. The molecule has 0 fully saturated rings. The summed E-state index contributed by atoms with van der Waals surface area (Å²) < 4.78 is 0. The third-order valence-electron chi connectivity index (χ3n) is 2.40. The number of aliphatic hydroxyl groups excluding tert-OH is 1. The first kappa shape index (κ1) is 12.3. The first-order valence-electron chi connectivity index (χ1n) is 5.04. The standard InChI is InChI=1S/C12H10Cl2N2O/c13-10-7-15-4-3-8(10)5-11(17)9-1-2-12(14)16-6-9/h1-4,6-7,11,17H,5H2. The number of hydrogen-bond donors (Lipinski definition) is 1. The van der Waals surface area contributed by atoms with Gasteiger partial charge in [0.2, 0.25) is 0 Å². The Labute approximate surface area is 109 Å². The number of halogens is 2. The third kappa shape index (κ3) is 3.16. The summed E-state index contributed by atoms with van der Waals surface area (Å²) in [7, 11) is 0. The molecule has 2 aromatic rings. The Morgan fingerprint density at radius 2 is 2.00 bits per heavy atom. The van der Waals surface area contributed by atoms with Gasteiger partial charge in [0.1, 0.15) is 5.15 Å². The SMILES string of the molecule is OC(Cc1ccncc1Cl)c1ccc(Cl)nc1. The van der Waals surface area contributed by atoms with Gasteiger partial charge in [-0.15, -0.1) is 0 Å². The Kier molecular flexibility index (Phi) is 3.94. The zero-order valence-electron chi connectivity index (χ0n) is 8.85. The van der Waals surface area contributed by atoms with E-state index in [9.17, 15) is 5.11 Å². The molecule has 0 amide bonds. The summed E-state index contributed by atoms with van der Waals surface area (Å²) in [5.74, 6) is 0. The van der Waals surface area contributed by atoms with Gasteiger partial charge in [-0.2, -0.15) is 0 Å². The van der Waals surface area contributed by atoms with Crippen LogP contribution in [0.4, 0.5) is 0 Å². The van der Waals surface area contributed by atoms with Crippen molar-refractivity contribution in [3.05, 3.63) is 58.1 Å². The lowest BCUT2D eigenvalue weighted by Crippen LogP contribution is -2.03. The lowest BCUT2D eigenvalue weighted by atomic mass is 10.0. The normalized spacial score (nSPS) is 12.4. The summed E-state index contributed by atoms with van der Waals surface area (Å²) in [4.78, 5) is 7.82. The molecule has 0 saturated heterocycles. The summed E-state index contributed by atoms with van der Waals surface area (Å²) in [6, 6.07) is 5.18. The Bertz CT molecular complexity index is 502. The van der Waals surface area contributed by atoms with Crippen LogP contribution in [0.5, 0.6) is 0 Å². The van der Waals surface area contributed by atoms with Crippen LogP contribution in [-0.4, -0.2) is 15.1 Å². The Hall–Kier alpha value is -1.16. The highest BCUT2D eigenvalue weighted by molar-refractivity contribution is 6.31. The van der Waals surface area contributed by atoms with E-state index in [1.807, 2.05) is 0 Å². The predicted molar refractivity (Wildman–Crippen MR) is 67.2 cm³/mol. The molecule has 1 atom stereocenters. The topological polar surface area (TPSA) is 46.0 Å². The van der Waals surface area contributed by atoms with Gasteiger partial charge < -0.3 is 5.11 Å². The number of aliphatic hydroxyl groups is 1. The Morgan fingerprint density at radius 1 is 1.18 bits per heavy atom. The molecule has 0 aromatic carbocycles. The second-order valence-electron chi connectivity index (χ2n) is 3.60. The third-order valence-corrected chi connectivity index (χ3v) is 2.97. The molecule has 0 spiro atoms. The van der Waals surface area contributed by atoms with Crippen molar-refractivity contribution in [2.75, 3.05) is 0 Å². The van der Waals surface area contributed by atoms with E-state index in [4.69, 9.17) is 23.2 Å². The lowest BCUT2D eigenvalue weighted by molar-refractivity contribution is 0.178. The van der Waals surface area contributed by atoms with E-state index < -0.39 is 6.10 Å². The smallest absolute Gasteiger partial charge is 0.129 e. The minimum atomic E-state index is -0.653. The van der Waals surface area contributed by atoms with Crippen LogP contribution in [0.3, 0.4) is 0 Å². The highest BCUT2D eigenvalue weighted by atomic mass is 35.5. The van der Waals surface area contributed by atoms with Crippen LogP contribution in [0.15, 0.2) is 36.8 Å². The fraction of sp³-hybridized carbons (Fsp3) is 0.167. The van der Waals surface area contributed by atoms with Gasteiger partial charge in [0.25, 0.3) is 0 Å². The van der Waals surface area contributed by atoms with Crippen molar-refractivity contribution in [3.8, 4) is 0 Å². The minimum Gasteiger partial charge on any atom is -0.388 e. The van der Waals surface area contributed by atoms with Crippen molar-refractivity contribution >= 4 is 23.2 Å². The van der Waals surface area contributed by atoms with Gasteiger partial charge in [0.15, 0.2) is 0 Å². The molecule has 0 radical (unpaired) electrons. The molecule has 0 saturated carbocycles. The number of aromatic nitrogens is 2. The Balaban J connectivity index is 2.14. The molecule has 2 heterocycles. The molecule has 2 aromatic heterocycles. The van der Waals surface area contributed by atoms with Crippen molar-refractivity contribution in [1.82, 2.24) is 9.97 Å². The second kappa shape index (κ2) is 5.45. The van der Waals surface area contributed by atoms with Gasteiger partial charge in [-0.3, -0.25) is 4.98 Å². The first-order valence-corrected chi connectivity index (χ1v) is 5.80. The van der Waals surface area contributed by atoms with Crippen LogP contribution in [-0.2, 0) is 6.42 Å². The van der Waals surface area contributed by atoms with Crippen LogP contribution < -0.4 is 0 Å². The highest BCUT2D eigenvalue weighted by Gasteiger charge is 2.11. The van der Waals surface area contributed by atoms with E-state index >= 15 is 0 Å². The van der Waals surface area contributed by atoms with Crippen LogP contribution in [0, 0.1) is 0 Å². The predicted octanol–water partition coefficient (Wildman–Crippen LogP) is 3.06. The van der Waals surface area contributed by atoms with Crippen LogP contribution in [0.2, 0.25) is 10.2 Å². The molecular formula is C12H10Cl2N2O. The fourth-order valence-corrected chi connectivity index (χ4v) is 1.79. The van der Waals surface area contributed by atoms with Crippen molar-refractivity contribution in [2.24, 2.45) is 0 Å². The minimum absolute atomic E-state index is 0.405. The van der Waals surface area contributed by atoms with Crippen LogP contribution in [0.1, 0.15) is 17.2 Å². The molecule has 1 N–H and O–H groups in total. The maximum absolute atomic E-state index is 10.0. The zero-order chi connectivity index (χ0) is 12.3.